The average molecular weight is 258 g/mol. The van der Waals surface area contributed by atoms with Gasteiger partial charge in [-0.05, 0) is 32.0 Å². The largest absolute Gasteiger partial charge is 0.389 e. The first kappa shape index (κ1) is 11.8. The van der Waals surface area contributed by atoms with E-state index >= 15 is 0 Å². The van der Waals surface area contributed by atoms with Gasteiger partial charge < -0.3 is 9.67 Å². The molecule has 1 atom stereocenters. The van der Waals surface area contributed by atoms with Crippen LogP contribution in [0.3, 0.4) is 0 Å². The van der Waals surface area contributed by atoms with Gasteiger partial charge in [-0.2, -0.15) is 0 Å². The van der Waals surface area contributed by atoms with Gasteiger partial charge >= 0.3 is 0 Å². The minimum Gasteiger partial charge on any atom is -0.389 e. The van der Waals surface area contributed by atoms with Crippen molar-refractivity contribution in [2.75, 3.05) is 0 Å². The van der Waals surface area contributed by atoms with Crippen molar-refractivity contribution in [1.82, 2.24) is 4.57 Å². The highest BCUT2D eigenvalue weighted by molar-refractivity contribution is 6.33. The highest BCUT2D eigenvalue weighted by atomic mass is 35.5. The van der Waals surface area contributed by atoms with Gasteiger partial charge in [-0.25, -0.2) is 0 Å². The molecule has 0 aliphatic carbocycles. The minimum absolute atomic E-state index is 0.592. The van der Waals surface area contributed by atoms with Crippen LogP contribution < -0.4 is 0 Å². The Morgan fingerprint density at radius 2 is 2.06 bits per heavy atom. The predicted molar refractivity (Wildman–Crippen MR) is 68.3 cm³/mol. The monoisotopic (exact) mass is 257 g/mol. The van der Waals surface area contributed by atoms with Crippen molar-refractivity contribution in [3.8, 4) is 0 Å². The van der Waals surface area contributed by atoms with Gasteiger partial charge in [0.1, 0.15) is 5.15 Å². The molecular formula is C12H13Cl2NO. The van der Waals surface area contributed by atoms with Crippen LogP contribution in [0, 0.1) is 0 Å². The lowest BCUT2D eigenvalue weighted by Crippen LogP contribution is -1.95. The van der Waals surface area contributed by atoms with Gasteiger partial charge in [-0.1, -0.05) is 23.2 Å². The fraction of sp³-hybridized carbons (Fsp3) is 0.333. The second-order valence-electron chi connectivity index (χ2n) is 3.79. The molecule has 0 saturated carbocycles. The van der Waals surface area contributed by atoms with Gasteiger partial charge in [-0.15, -0.1) is 0 Å². The van der Waals surface area contributed by atoms with Gasteiger partial charge in [0, 0.05) is 28.0 Å². The second kappa shape index (κ2) is 4.28. The van der Waals surface area contributed by atoms with E-state index in [9.17, 15) is 5.11 Å². The summed E-state index contributed by atoms with van der Waals surface area (Å²) in [6.07, 6.45) is -0.596. The van der Waals surface area contributed by atoms with E-state index in [1.165, 1.54) is 0 Å². The number of aliphatic hydroxyl groups excluding tert-OH is 1. The van der Waals surface area contributed by atoms with Crippen LogP contribution in [0.4, 0.5) is 0 Å². The molecule has 0 aliphatic rings. The Kier molecular flexibility index (Phi) is 3.15. The molecule has 86 valence electrons. The van der Waals surface area contributed by atoms with Crippen LogP contribution in [0.2, 0.25) is 10.2 Å². The lowest BCUT2D eigenvalue weighted by Gasteiger charge is -2.04. The molecule has 0 spiro atoms. The lowest BCUT2D eigenvalue weighted by atomic mass is 10.1. The summed E-state index contributed by atoms with van der Waals surface area (Å²) in [4.78, 5) is 0. The van der Waals surface area contributed by atoms with Gasteiger partial charge in [-0.3, -0.25) is 0 Å². The fourth-order valence-corrected chi connectivity index (χ4v) is 2.67. The molecule has 1 aromatic carbocycles. The molecule has 1 heterocycles. The average Bonchev–Trinajstić information content (AvgIpc) is 2.48. The molecule has 0 amide bonds. The Balaban J connectivity index is 2.86. The Labute approximate surface area is 104 Å². The number of fused-ring (bicyclic) bond motifs is 1. The summed E-state index contributed by atoms with van der Waals surface area (Å²) in [6.45, 7) is 4.50. The van der Waals surface area contributed by atoms with E-state index < -0.39 is 6.10 Å². The number of hydrogen-bond donors (Lipinski definition) is 1. The molecule has 1 N–H and O–H groups in total. The Hall–Kier alpha value is -0.700. The SMILES string of the molecule is CCn1c(Cl)c(C(C)O)c2cc(Cl)ccc21. The van der Waals surface area contributed by atoms with Gasteiger partial charge in [0.2, 0.25) is 0 Å². The molecule has 0 saturated heterocycles. The van der Waals surface area contributed by atoms with Crippen LogP contribution in [0.1, 0.15) is 25.5 Å². The van der Waals surface area contributed by atoms with Gasteiger partial charge in [0.25, 0.3) is 0 Å². The van der Waals surface area contributed by atoms with Crippen molar-refractivity contribution in [3.05, 3.63) is 33.9 Å². The summed E-state index contributed by atoms with van der Waals surface area (Å²) in [5.41, 5.74) is 1.76. The van der Waals surface area contributed by atoms with Crippen molar-refractivity contribution >= 4 is 34.1 Å². The third-order valence-electron chi connectivity index (χ3n) is 2.73. The highest BCUT2D eigenvalue weighted by Gasteiger charge is 2.18. The van der Waals surface area contributed by atoms with Crippen LogP contribution in [-0.4, -0.2) is 9.67 Å². The molecular weight excluding hydrogens is 245 g/mol. The molecule has 0 radical (unpaired) electrons. The number of aromatic nitrogens is 1. The number of halogens is 2. The van der Waals surface area contributed by atoms with E-state index in [1.807, 2.05) is 29.7 Å². The van der Waals surface area contributed by atoms with Crippen LogP contribution >= 0.6 is 23.2 Å². The molecule has 1 unspecified atom stereocenters. The topological polar surface area (TPSA) is 25.2 Å². The van der Waals surface area contributed by atoms with Gasteiger partial charge in [0.15, 0.2) is 0 Å². The summed E-state index contributed by atoms with van der Waals surface area (Å²) in [5.74, 6) is 0. The number of benzene rings is 1. The molecule has 0 aliphatic heterocycles. The molecule has 2 nitrogen and oxygen atoms in total. The van der Waals surface area contributed by atoms with E-state index in [2.05, 4.69) is 0 Å². The second-order valence-corrected chi connectivity index (χ2v) is 4.58. The minimum atomic E-state index is -0.596. The molecule has 0 fully saturated rings. The molecule has 1 aromatic heterocycles. The smallest absolute Gasteiger partial charge is 0.115 e. The third kappa shape index (κ3) is 1.71. The Morgan fingerprint density at radius 3 is 2.62 bits per heavy atom. The quantitative estimate of drug-likeness (QED) is 0.864. The zero-order chi connectivity index (χ0) is 11.9. The van der Waals surface area contributed by atoms with E-state index in [4.69, 9.17) is 23.2 Å². The zero-order valence-corrected chi connectivity index (χ0v) is 10.7. The fourth-order valence-electron chi connectivity index (χ4n) is 2.03. The number of nitrogens with zero attached hydrogens (tertiary/aromatic N) is 1. The maximum absolute atomic E-state index is 9.76. The zero-order valence-electron chi connectivity index (χ0n) is 9.17. The Bertz CT molecular complexity index is 531. The number of aryl methyl sites for hydroxylation is 1. The highest BCUT2D eigenvalue weighted by Crippen LogP contribution is 2.35. The third-order valence-corrected chi connectivity index (χ3v) is 3.38. The summed E-state index contributed by atoms with van der Waals surface area (Å²) in [6, 6.07) is 5.61. The van der Waals surface area contributed by atoms with Crippen LogP contribution in [0.25, 0.3) is 10.9 Å². The number of aliphatic hydroxyl groups is 1. The summed E-state index contributed by atoms with van der Waals surface area (Å²) >= 11 is 12.2. The van der Waals surface area contributed by atoms with E-state index in [-0.39, 0.29) is 0 Å². The summed E-state index contributed by atoms with van der Waals surface area (Å²) < 4.78 is 1.97. The van der Waals surface area contributed by atoms with Crippen molar-refractivity contribution < 1.29 is 5.11 Å². The molecule has 2 aromatic rings. The maximum Gasteiger partial charge on any atom is 0.115 e. The molecule has 16 heavy (non-hydrogen) atoms. The molecule has 2 rings (SSSR count). The summed E-state index contributed by atoms with van der Waals surface area (Å²) in [7, 11) is 0. The van der Waals surface area contributed by atoms with Crippen LogP contribution in [0.15, 0.2) is 18.2 Å². The first-order valence-electron chi connectivity index (χ1n) is 5.21. The van der Waals surface area contributed by atoms with Crippen LogP contribution in [0.5, 0.6) is 0 Å². The van der Waals surface area contributed by atoms with Crippen molar-refractivity contribution in [3.63, 3.8) is 0 Å². The van der Waals surface area contributed by atoms with Crippen molar-refractivity contribution in [1.29, 1.82) is 0 Å². The first-order valence-corrected chi connectivity index (χ1v) is 5.97. The lowest BCUT2D eigenvalue weighted by molar-refractivity contribution is 0.200. The number of rotatable bonds is 2. The van der Waals surface area contributed by atoms with Crippen molar-refractivity contribution in [2.45, 2.75) is 26.5 Å². The van der Waals surface area contributed by atoms with E-state index in [0.717, 1.165) is 23.0 Å². The number of hydrogen-bond acceptors (Lipinski definition) is 1. The van der Waals surface area contributed by atoms with Gasteiger partial charge in [0.05, 0.1) is 6.10 Å². The normalized spacial score (nSPS) is 13.3. The van der Waals surface area contributed by atoms with Crippen molar-refractivity contribution in [2.24, 2.45) is 0 Å². The standard InChI is InChI=1S/C12H13Cl2NO/c1-3-15-10-5-4-8(13)6-9(10)11(7(2)16)12(15)14/h4-7,16H,3H2,1-2H3. The predicted octanol–water partition coefficient (Wildman–Crippen LogP) is 4.02. The maximum atomic E-state index is 9.76. The first-order chi connectivity index (χ1) is 7.56. The Morgan fingerprint density at radius 1 is 1.38 bits per heavy atom. The molecule has 0 bridgehead atoms. The van der Waals surface area contributed by atoms with E-state index in [0.29, 0.717) is 10.2 Å². The van der Waals surface area contributed by atoms with Crippen LogP contribution in [-0.2, 0) is 6.54 Å². The van der Waals surface area contributed by atoms with E-state index in [1.54, 1.807) is 6.92 Å². The molecule has 4 heteroatoms. The summed E-state index contributed by atoms with van der Waals surface area (Å²) in [5, 5.41) is 11.9.